The molecule has 0 saturated carbocycles. The summed E-state index contributed by atoms with van der Waals surface area (Å²) >= 11 is 0. The monoisotopic (exact) mass is 548 g/mol. The lowest BCUT2D eigenvalue weighted by atomic mass is 10.0. The maximum Gasteiger partial charge on any atom is 0.249 e. The molecule has 4 aromatic rings. The van der Waals surface area contributed by atoms with Crippen LogP contribution in [0.15, 0.2) is 97.1 Å². The smallest absolute Gasteiger partial charge is 0.249 e. The van der Waals surface area contributed by atoms with E-state index in [1.807, 2.05) is 97.1 Å². The van der Waals surface area contributed by atoms with Gasteiger partial charge in [-0.25, -0.2) is 0 Å². The molecule has 7 nitrogen and oxygen atoms in total. The van der Waals surface area contributed by atoms with Gasteiger partial charge < -0.3 is 26.4 Å². The molecule has 5 rings (SSSR count). The van der Waals surface area contributed by atoms with Crippen molar-refractivity contribution in [1.82, 2.24) is 5.32 Å². The molecule has 0 aliphatic carbocycles. The van der Waals surface area contributed by atoms with Gasteiger partial charge in [-0.05, 0) is 79.8 Å². The minimum atomic E-state index is -0.652. The second-order valence-electron chi connectivity index (χ2n) is 11.2. The van der Waals surface area contributed by atoms with Gasteiger partial charge in [0.15, 0.2) is 0 Å². The Kier molecular flexibility index (Phi) is 8.08. The van der Waals surface area contributed by atoms with Gasteiger partial charge >= 0.3 is 0 Å². The van der Waals surface area contributed by atoms with Crippen LogP contribution in [0.1, 0.15) is 37.8 Å². The minimum Gasteiger partial charge on any atom is -0.457 e. The molecule has 0 saturated heterocycles. The van der Waals surface area contributed by atoms with Crippen molar-refractivity contribution in [3.8, 4) is 22.6 Å². The maximum atomic E-state index is 13.8. The van der Waals surface area contributed by atoms with Gasteiger partial charge in [-0.15, -0.1) is 0 Å². The van der Waals surface area contributed by atoms with Gasteiger partial charge in [0.05, 0.1) is 6.54 Å². The molecule has 1 aliphatic heterocycles. The first kappa shape index (κ1) is 27.9. The number of nitrogens with two attached hydrogens (primary N) is 2. The zero-order valence-electron chi connectivity index (χ0n) is 23.5. The minimum absolute atomic E-state index is 0.121. The van der Waals surface area contributed by atoms with E-state index in [0.29, 0.717) is 30.8 Å². The Morgan fingerprint density at radius 3 is 2.37 bits per heavy atom. The Hall–Kier alpha value is -4.62. The number of nitrogen functional groups attached to an aromatic ring is 1. The zero-order valence-corrected chi connectivity index (χ0v) is 23.5. The third-order valence-corrected chi connectivity index (χ3v) is 7.10. The Morgan fingerprint density at radius 2 is 1.63 bits per heavy atom. The molecule has 1 atom stereocenters. The number of carbonyl (C=O) groups excluding carboxylic acids is 2. The van der Waals surface area contributed by atoms with E-state index < -0.39 is 11.6 Å². The van der Waals surface area contributed by atoms with Crippen LogP contribution >= 0.6 is 0 Å². The van der Waals surface area contributed by atoms with E-state index in [4.69, 9.17) is 16.2 Å². The van der Waals surface area contributed by atoms with Gasteiger partial charge in [-0.1, -0.05) is 60.7 Å². The molecular weight excluding hydrogens is 512 g/mol. The van der Waals surface area contributed by atoms with Crippen LogP contribution in [0.25, 0.3) is 11.1 Å². The molecule has 0 spiro atoms. The number of nitrogens with zero attached hydrogens (tertiary/aromatic N) is 1. The molecule has 41 heavy (non-hydrogen) atoms. The average molecular weight is 549 g/mol. The molecule has 5 N–H and O–H groups in total. The molecule has 0 aromatic heterocycles. The number of fused-ring (bicyclic) bond motifs is 1. The molecule has 7 heteroatoms. The van der Waals surface area contributed by atoms with Crippen molar-refractivity contribution in [2.24, 2.45) is 5.73 Å². The molecule has 1 unspecified atom stereocenters. The summed E-state index contributed by atoms with van der Waals surface area (Å²) in [6, 6.07) is 30.6. The summed E-state index contributed by atoms with van der Waals surface area (Å²) in [6.07, 6.45) is 1.38. The Labute approximate surface area is 241 Å². The van der Waals surface area contributed by atoms with Gasteiger partial charge in [-0.2, -0.15) is 0 Å². The SMILES string of the molecule is CC(C)(N)CC(=O)NC1CCc2ccccc2N(Cc2ccc(-c3ccccc3Oc3ccc(N)cc3)cc2)C1=O. The van der Waals surface area contributed by atoms with Gasteiger partial charge in [0.25, 0.3) is 0 Å². The van der Waals surface area contributed by atoms with Crippen LogP contribution < -0.4 is 26.4 Å². The second kappa shape index (κ2) is 11.9. The third kappa shape index (κ3) is 6.94. The van der Waals surface area contributed by atoms with Crippen LogP contribution in [-0.4, -0.2) is 23.4 Å². The van der Waals surface area contributed by atoms with E-state index in [0.717, 1.165) is 33.7 Å². The molecule has 0 radical (unpaired) electrons. The fourth-order valence-corrected chi connectivity index (χ4v) is 5.10. The van der Waals surface area contributed by atoms with Crippen molar-refractivity contribution >= 4 is 23.2 Å². The maximum absolute atomic E-state index is 13.8. The summed E-state index contributed by atoms with van der Waals surface area (Å²) in [5.74, 6) is 1.11. The largest absolute Gasteiger partial charge is 0.457 e. The highest BCUT2D eigenvalue weighted by Gasteiger charge is 2.32. The van der Waals surface area contributed by atoms with E-state index >= 15 is 0 Å². The van der Waals surface area contributed by atoms with Crippen LogP contribution in [0.3, 0.4) is 0 Å². The summed E-state index contributed by atoms with van der Waals surface area (Å²) in [6.45, 7) is 3.99. The van der Waals surface area contributed by atoms with E-state index in [-0.39, 0.29) is 18.2 Å². The molecule has 1 heterocycles. The first-order chi connectivity index (χ1) is 19.7. The van der Waals surface area contributed by atoms with Crippen LogP contribution in [0.5, 0.6) is 11.5 Å². The van der Waals surface area contributed by atoms with Crippen molar-refractivity contribution in [2.75, 3.05) is 10.6 Å². The number of para-hydroxylation sites is 2. The summed E-state index contributed by atoms with van der Waals surface area (Å²) in [7, 11) is 0. The molecule has 2 amide bonds. The molecule has 0 fully saturated rings. The summed E-state index contributed by atoms with van der Waals surface area (Å²) < 4.78 is 6.16. The lowest BCUT2D eigenvalue weighted by Gasteiger charge is -2.27. The Balaban J connectivity index is 1.37. The number of hydrogen-bond acceptors (Lipinski definition) is 5. The average Bonchev–Trinajstić information content (AvgIpc) is 3.06. The topological polar surface area (TPSA) is 111 Å². The van der Waals surface area contributed by atoms with Crippen LogP contribution in [-0.2, 0) is 22.6 Å². The first-order valence-electron chi connectivity index (χ1n) is 13.9. The Bertz CT molecular complexity index is 1530. The van der Waals surface area contributed by atoms with E-state index in [2.05, 4.69) is 5.32 Å². The van der Waals surface area contributed by atoms with Crippen LogP contribution in [0.2, 0.25) is 0 Å². The summed E-state index contributed by atoms with van der Waals surface area (Å²) in [5.41, 5.74) is 16.8. The summed E-state index contributed by atoms with van der Waals surface area (Å²) in [5, 5.41) is 2.94. The number of carbonyl (C=O) groups is 2. The van der Waals surface area contributed by atoms with Crippen molar-refractivity contribution in [3.63, 3.8) is 0 Å². The normalized spacial score (nSPS) is 15.1. The van der Waals surface area contributed by atoms with E-state index in [1.165, 1.54) is 0 Å². The number of benzene rings is 4. The Morgan fingerprint density at radius 1 is 0.951 bits per heavy atom. The highest BCUT2D eigenvalue weighted by Crippen LogP contribution is 2.34. The quantitative estimate of drug-likeness (QED) is 0.240. The number of nitrogens with one attached hydrogen (secondary N) is 1. The van der Waals surface area contributed by atoms with Crippen LogP contribution in [0.4, 0.5) is 11.4 Å². The van der Waals surface area contributed by atoms with Gasteiger partial charge in [0, 0.05) is 28.9 Å². The lowest BCUT2D eigenvalue weighted by molar-refractivity contribution is -0.128. The van der Waals surface area contributed by atoms with E-state index in [9.17, 15) is 9.59 Å². The van der Waals surface area contributed by atoms with Gasteiger partial charge in [-0.3, -0.25) is 9.59 Å². The molecule has 210 valence electrons. The van der Waals surface area contributed by atoms with Gasteiger partial charge in [0.1, 0.15) is 17.5 Å². The fraction of sp³-hybridized carbons (Fsp3) is 0.235. The summed E-state index contributed by atoms with van der Waals surface area (Å²) in [4.78, 5) is 28.3. The standard InChI is InChI=1S/C34H36N4O3/c1-34(2,36)21-32(39)37-29-20-15-25-7-3-5-9-30(25)38(33(29)40)22-23-11-13-24(14-12-23)28-8-4-6-10-31(28)41-27-18-16-26(35)17-19-27/h3-14,16-19,29H,15,20-22,35-36H2,1-2H3,(H,37,39). The zero-order chi connectivity index (χ0) is 29.0. The van der Waals surface area contributed by atoms with Crippen molar-refractivity contribution in [2.45, 2.75) is 51.2 Å². The van der Waals surface area contributed by atoms with Crippen molar-refractivity contribution < 1.29 is 14.3 Å². The molecule has 1 aliphatic rings. The number of anilines is 2. The van der Waals surface area contributed by atoms with E-state index in [1.54, 1.807) is 18.7 Å². The highest BCUT2D eigenvalue weighted by molar-refractivity contribution is 6.00. The first-order valence-corrected chi connectivity index (χ1v) is 13.9. The second-order valence-corrected chi connectivity index (χ2v) is 11.2. The highest BCUT2D eigenvalue weighted by atomic mass is 16.5. The number of hydrogen-bond donors (Lipinski definition) is 3. The van der Waals surface area contributed by atoms with Crippen molar-refractivity contribution in [1.29, 1.82) is 0 Å². The third-order valence-electron chi connectivity index (χ3n) is 7.10. The van der Waals surface area contributed by atoms with Gasteiger partial charge in [0.2, 0.25) is 11.8 Å². The predicted octanol–water partition coefficient (Wildman–Crippen LogP) is 5.82. The number of aryl methyl sites for hydroxylation is 1. The van der Waals surface area contributed by atoms with Crippen molar-refractivity contribution in [3.05, 3.63) is 108 Å². The lowest BCUT2D eigenvalue weighted by Crippen LogP contribution is -2.49. The fourth-order valence-electron chi connectivity index (χ4n) is 5.10. The number of ether oxygens (including phenoxy) is 1. The molecular formula is C34H36N4O3. The number of amides is 2. The predicted molar refractivity (Wildman–Crippen MR) is 164 cm³/mol. The van der Waals surface area contributed by atoms with Crippen LogP contribution in [0, 0.1) is 0 Å². The molecule has 0 bridgehead atoms. The number of rotatable bonds is 8. The molecule has 4 aromatic carbocycles.